The number of rotatable bonds is 3. The molecular weight excluding hydrogens is 292 g/mol. The molecule has 0 bridgehead atoms. The lowest BCUT2D eigenvalue weighted by molar-refractivity contribution is 0.0952. The number of nitrogens with zero attached hydrogens (tertiary/aromatic N) is 1. The van der Waals surface area contributed by atoms with Crippen molar-refractivity contribution in [2.45, 2.75) is 0 Å². The Morgan fingerprint density at radius 2 is 1.70 bits per heavy atom. The van der Waals surface area contributed by atoms with E-state index in [0.29, 0.717) is 5.39 Å². The average Bonchev–Trinajstić information content (AvgIpc) is 2.57. The van der Waals surface area contributed by atoms with Crippen molar-refractivity contribution >= 4 is 22.9 Å². The van der Waals surface area contributed by atoms with Crippen molar-refractivity contribution in [1.29, 1.82) is 0 Å². The maximum atomic E-state index is 12.1. The van der Waals surface area contributed by atoms with Crippen molar-refractivity contribution in [3.8, 4) is 11.5 Å². The van der Waals surface area contributed by atoms with E-state index >= 15 is 0 Å². The number of aromatic hydroxyl groups is 2. The quantitative estimate of drug-likeness (QED) is 0.514. The van der Waals surface area contributed by atoms with Crippen LogP contribution < -0.4 is 5.43 Å². The Bertz CT molecular complexity index is 886. The number of hydrogen-bond donors (Lipinski definition) is 3. The van der Waals surface area contributed by atoms with Crippen molar-refractivity contribution in [3.05, 3.63) is 71.8 Å². The van der Waals surface area contributed by atoms with Crippen LogP contribution in [-0.2, 0) is 0 Å². The molecule has 0 radical (unpaired) electrons. The molecule has 0 aromatic heterocycles. The van der Waals surface area contributed by atoms with Gasteiger partial charge < -0.3 is 10.2 Å². The molecule has 0 unspecified atom stereocenters. The van der Waals surface area contributed by atoms with Gasteiger partial charge in [0.2, 0.25) is 0 Å². The molecule has 3 aromatic carbocycles. The second-order valence-electron chi connectivity index (χ2n) is 4.97. The lowest BCUT2D eigenvalue weighted by Gasteiger charge is -2.06. The zero-order chi connectivity index (χ0) is 16.2. The van der Waals surface area contributed by atoms with Gasteiger partial charge in [0.15, 0.2) is 0 Å². The van der Waals surface area contributed by atoms with Gasteiger partial charge in [0.05, 0.1) is 11.8 Å². The van der Waals surface area contributed by atoms with Gasteiger partial charge in [-0.1, -0.05) is 30.3 Å². The summed E-state index contributed by atoms with van der Waals surface area (Å²) < 4.78 is 0. The molecule has 0 aliphatic carbocycles. The third-order valence-corrected chi connectivity index (χ3v) is 3.42. The Morgan fingerprint density at radius 3 is 2.48 bits per heavy atom. The molecule has 23 heavy (non-hydrogen) atoms. The predicted molar refractivity (Wildman–Crippen MR) is 88.8 cm³/mol. The number of carbonyl (C=O) groups is 1. The second kappa shape index (κ2) is 6.19. The molecule has 114 valence electrons. The minimum absolute atomic E-state index is 0.0690. The fourth-order valence-electron chi connectivity index (χ4n) is 2.22. The van der Waals surface area contributed by atoms with Crippen molar-refractivity contribution in [1.82, 2.24) is 5.43 Å². The minimum Gasteiger partial charge on any atom is -0.508 e. The fraction of sp³-hybridized carbons (Fsp3) is 0. The Labute approximate surface area is 132 Å². The number of hydrogen-bond acceptors (Lipinski definition) is 4. The van der Waals surface area contributed by atoms with Gasteiger partial charge in [-0.25, -0.2) is 5.43 Å². The minimum atomic E-state index is -0.497. The van der Waals surface area contributed by atoms with Crippen LogP contribution in [0.2, 0.25) is 0 Å². The summed E-state index contributed by atoms with van der Waals surface area (Å²) in [5.41, 5.74) is 3.26. The lowest BCUT2D eigenvalue weighted by Crippen LogP contribution is -2.17. The van der Waals surface area contributed by atoms with Gasteiger partial charge in [-0.2, -0.15) is 5.10 Å². The first kappa shape index (κ1) is 14.6. The van der Waals surface area contributed by atoms with E-state index in [2.05, 4.69) is 10.5 Å². The van der Waals surface area contributed by atoms with Crippen LogP contribution >= 0.6 is 0 Å². The third-order valence-electron chi connectivity index (χ3n) is 3.42. The molecule has 1 amide bonds. The van der Waals surface area contributed by atoms with Gasteiger partial charge in [-0.15, -0.1) is 0 Å². The van der Waals surface area contributed by atoms with Crippen molar-refractivity contribution in [3.63, 3.8) is 0 Å². The molecule has 0 saturated heterocycles. The van der Waals surface area contributed by atoms with E-state index in [0.717, 1.165) is 10.9 Å². The number of phenols is 2. The largest absolute Gasteiger partial charge is 0.508 e. The van der Waals surface area contributed by atoms with E-state index in [1.54, 1.807) is 36.4 Å². The maximum Gasteiger partial charge on any atom is 0.275 e. The van der Waals surface area contributed by atoms with E-state index in [-0.39, 0.29) is 17.1 Å². The Kier molecular flexibility index (Phi) is 3.93. The number of nitrogens with one attached hydrogen (secondary N) is 1. The molecule has 0 aliphatic heterocycles. The van der Waals surface area contributed by atoms with Gasteiger partial charge in [-0.05, 0) is 41.3 Å². The second-order valence-corrected chi connectivity index (χ2v) is 4.97. The number of fused-ring (bicyclic) bond motifs is 1. The van der Waals surface area contributed by atoms with E-state index in [1.165, 1.54) is 18.3 Å². The van der Waals surface area contributed by atoms with Crippen LogP contribution in [0.1, 0.15) is 15.9 Å². The average molecular weight is 306 g/mol. The first-order valence-electron chi connectivity index (χ1n) is 6.98. The topological polar surface area (TPSA) is 81.9 Å². The van der Waals surface area contributed by atoms with Gasteiger partial charge in [0.25, 0.3) is 5.91 Å². The van der Waals surface area contributed by atoms with Crippen LogP contribution in [0.25, 0.3) is 10.8 Å². The smallest absolute Gasteiger partial charge is 0.275 e. The number of benzene rings is 3. The molecule has 0 aliphatic rings. The summed E-state index contributed by atoms with van der Waals surface area (Å²) in [6.45, 7) is 0. The van der Waals surface area contributed by atoms with Crippen LogP contribution in [0, 0.1) is 0 Å². The lowest BCUT2D eigenvalue weighted by atomic mass is 10.1. The summed E-state index contributed by atoms with van der Waals surface area (Å²) in [6.07, 6.45) is 1.45. The van der Waals surface area contributed by atoms with Crippen LogP contribution in [0.15, 0.2) is 65.8 Å². The van der Waals surface area contributed by atoms with Crippen LogP contribution in [0.5, 0.6) is 11.5 Å². The van der Waals surface area contributed by atoms with Crippen LogP contribution in [-0.4, -0.2) is 22.3 Å². The first-order valence-corrected chi connectivity index (χ1v) is 6.98. The summed E-state index contributed by atoms with van der Waals surface area (Å²) in [7, 11) is 0. The van der Waals surface area contributed by atoms with Gasteiger partial charge in [-0.3, -0.25) is 4.79 Å². The summed E-state index contributed by atoms with van der Waals surface area (Å²) in [5, 5.41) is 24.7. The maximum absolute atomic E-state index is 12.1. The Hall–Kier alpha value is -3.34. The summed E-state index contributed by atoms with van der Waals surface area (Å²) in [4.78, 5) is 12.1. The van der Waals surface area contributed by atoms with Crippen molar-refractivity contribution < 1.29 is 15.0 Å². The van der Waals surface area contributed by atoms with Crippen LogP contribution in [0.4, 0.5) is 0 Å². The first-order chi connectivity index (χ1) is 11.1. The molecule has 3 N–H and O–H groups in total. The molecule has 0 heterocycles. The molecule has 3 rings (SSSR count). The highest BCUT2D eigenvalue weighted by molar-refractivity contribution is 6.03. The van der Waals surface area contributed by atoms with Crippen LogP contribution in [0.3, 0.4) is 0 Å². The summed E-state index contributed by atoms with van der Waals surface area (Å²) in [6, 6.07) is 17.0. The third kappa shape index (κ3) is 3.13. The molecule has 5 nitrogen and oxygen atoms in total. The van der Waals surface area contributed by atoms with E-state index < -0.39 is 5.91 Å². The molecular formula is C18H14N2O3. The SMILES string of the molecule is O=C(N/N=C\c1ccc(O)cc1)c1ccc2ccccc2c1O. The molecule has 5 heteroatoms. The summed E-state index contributed by atoms with van der Waals surface area (Å²) in [5.74, 6) is -0.406. The van der Waals surface area contributed by atoms with E-state index in [1.807, 2.05) is 12.1 Å². The highest BCUT2D eigenvalue weighted by Crippen LogP contribution is 2.28. The summed E-state index contributed by atoms with van der Waals surface area (Å²) >= 11 is 0. The highest BCUT2D eigenvalue weighted by Gasteiger charge is 2.12. The van der Waals surface area contributed by atoms with Crippen molar-refractivity contribution in [2.75, 3.05) is 0 Å². The van der Waals surface area contributed by atoms with E-state index in [4.69, 9.17) is 0 Å². The number of phenolic OH excluding ortho intramolecular Hbond substituents is 2. The zero-order valence-electron chi connectivity index (χ0n) is 12.1. The predicted octanol–water partition coefficient (Wildman–Crippen LogP) is 3.01. The molecule has 0 atom stereocenters. The number of carbonyl (C=O) groups excluding carboxylic acids is 1. The van der Waals surface area contributed by atoms with Gasteiger partial charge >= 0.3 is 0 Å². The fourth-order valence-corrected chi connectivity index (χ4v) is 2.22. The molecule has 3 aromatic rings. The Balaban J connectivity index is 1.78. The highest BCUT2D eigenvalue weighted by atomic mass is 16.3. The number of amides is 1. The van der Waals surface area contributed by atoms with Gasteiger partial charge in [0.1, 0.15) is 11.5 Å². The standard InChI is InChI=1S/C18H14N2O3/c21-14-8-5-12(6-9-14)11-19-20-18(23)16-10-7-13-3-1-2-4-15(13)17(16)22/h1-11,21-22H,(H,20,23)/b19-11-. The normalized spacial score (nSPS) is 11.0. The zero-order valence-corrected chi connectivity index (χ0v) is 12.1. The van der Waals surface area contributed by atoms with E-state index in [9.17, 15) is 15.0 Å². The molecule has 0 fully saturated rings. The van der Waals surface area contributed by atoms with Gasteiger partial charge in [0, 0.05) is 5.39 Å². The monoisotopic (exact) mass is 306 g/mol. The van der Waals surface area contributed by atoms with Crippen molar-refractivity contribution in [2.24, 2.45) is 5.10 Å². The molecule has 0 spiro atoms. The Morgan fingerprint density at radius 1 is 0.957 bits per heavy atom. The molecule has 0 saturated carbocycles. The number of hydrazone groups is 1.